The van der Waals surface area contributed by atoms with E-state index in [0.717, 1.165) is 33.4 Å². The largest absolute Gasteiger partial charge is 0.487 e. The number of ether oxygens (including phenoxy) is 1. The maximum absolute atomic E-state index is 6.20. The molecule has 3 aromatic heterocycles. The molecule has 0 amide bonds. The van der Waals surface area contributed by atoms with E-state index in [4.69, 9.17) is 32.9 Å². The summed E-state index contributed by atoms with van der Waals surface area (Å²) in [7, 11) is 0. The molecule has 136 valence electrons. The summed E-state index contributed by atoms with van der Waals surface area (Å²) in [5.41, 5.74) is 5.66. The van der Waals surface area contributed by atoms with Crippen LogP contribution in [0.15, 0.2) is 42.0 Å². The Labute approximate surface area is 170 Å². The molecule has 0 saturated heterocycles. The molecule has 0 aliphatic heterocycles. The molecular weight excluding hydrogens is 401 g/mol. The van der Waals surface area contributed by atoms with Crippen molar-refractivity contribution in [2.45, 2.75) is 20.5 Å². The normalized spacial score (nSPS) is 11.1. The minimum atomic E-state index is 0.239. The summed E-state index contributed by atoms with van der Waals surface area (Å²) in [6.45, 7) is 4.23. The first-order chi connectivity index (χ1) is 13.0. The van der Waals surface area contributed by atoms with E-state index in [9.17, 15) is 0 Å². The lowest BCUT2D eigenvalue weighted by atomic mass is 10.0. The van der Waals surface area contributed by atoms with Crippen LogP contribution >= 0.6 is 34.7 Å². The van der Waals surface area contributed by atoms with Gasteiger partial charge in [0, 0.05) is 40.0 Å². The number of aromatic nitrogens is 3. The van der Waals surface area contributed by atoms with Crippen LogP contribution in [0.4, 0.5) is 0 Å². The monoisotopic (exact) mass is 415 g/mol. The number of nitrogens with zero attached hydrogens (tertiary/aromatic N) is 3. The predicted octanol–water partition coefficient (Wildman–Crippen LogP) is 6.26. The van der Waals surface area contributed by atoms with Gasteiger partial charge < -0.3 is 4.74 Å². The summed E-state index contributed by atoms with van der Waals surface area (Å²) >= 11 is 13.9. The number of fused-ring (bicyclic) bond motifs is 1. The minimum Gasteiger partial charge on any atom is -0.487 e. The van der Waals surface area contributed by atoms with E-state index >= 15 is 0 Å². The molecule has 0 aliphatic carbocycles. The van der Waals surface area contributed by atoms with Crippen molar-refractivity contribution in [2.75, 3.05) is 0 Å². The number of hydrogen-bond acceptors (Lipinski definition) is 5. The molecule has 0 bridgehead atoms. The Bertz CT molecular complexity index is 1120. The number of pyridine rings is 2. The Morgan fingerprint density at radius 3 is 2.56 bits per heavy atom. The van der Waals surface area contributed by atoms with Crippen LogP contribution in [0.5, 0.6) is 5.75 Å². The van der Waals surface area contributed by atoms with E-state index in [0.29, 0.717) is 21.4 Å². The second-order valence-corrected chi connectivity index (χ2v) is 7.59. The van der Waals surface area contributed by atoms with E-state index in [-0.39, 0.29) is 6.61 Å². The van der Waals surface area contributed by atoms with Gasteiger partial charge >= 0.3 is 0 Å². The fourth-order valence-corrected chi connectivity index (χ4v) is 4.15. The number of hydrogen-bond donors (Lipinski definition) is 0. The van der Waals surface area contributed by atoms with Crippen molar-refractivity contribution in [3.8, 4) is 16.9 Å². The highest BCUT2D eigenvalue weighted by molar-refractivity contribution is 7.04. The molecule has 4 nitrogen and oxygen atoms in total. The second kappa shape index (κ2) is 7.43. The summed E-state index contributed by atoms with van der Waals surface area (Å²) in [6.07, 6.45) is 3.12. The van der Waals surface area contributed by atoms with Crippen LogP contribution in [0.1, 0.15) is 17.0 Å². The number of para-hydroxylation sites is 1. The van der Waals surface area contributed by atoms with Crippen molar-refractivity contribution in [3.63, 3.8) is 0 Å². The number of halogens is 2. The van der Waals surface area contributed by atoms with E-state index in [1.165, 1.54) is 11.5 Å². The van der Waals surface area contributed by atoms with Crippen molar-refractivity contribution in [1.82, 2.24) is 14.3 Å². The molecule has 4 aromatic rings. The minimum absolute atomic E-state index is 0.239. The van der Waals surface area contributed by atoms with Gasteiger partial charge in [0.1, 0.15) is 17.9 Å². The molecule has 0 atom stereocenters. The van der Waals surface area contributed by atoms with Gasteiger partial charge in [-0.1, -0.05) is 35.3 Å². The van der Waals surface area contributed by atoms with Gasteiger partial charge in [-0.15, -0.1) is 0 Å². The third-order valence-electron chi connectivity index (χ3n) is 4.30. The molecule has 1 aromatic carbocycles. The average molecular weight is 416 g/mol. The Morgan fingerprint density at radius 1 is 1.07 bits per heavy atom. The van der Waals surface area contributed by atoms with Crippen LogP contribution < -0.4 is 4.74 Å². The molecule has 0 saturated carbocycles. The van der Waals surface area contributed by atoms with E-state index in [1.54, 1.807) is 12.4 Å². The van der Waals surface area contributed by atoms with E-state index in [1.807, 2.05) is 32.0 Å². The molecule has 0 N–H and O–H groups in total. The second-order valence-electron chi connectivity index (χ2n) is 6.15. The van der Waals surface area contributed by atoms with Crippen LogP contribution in [-0.2, 0) is 6.61 Å². The van der Waals surface area contributed by atoms with Gasteiger partial charge in [-0.2, -0.15) is 4.37 Å². The zero-order valence-corrected chi connectivity index (χ0v) is 17.0. The highest BCUT2D eigenvalue weighted by Gasteiger charge is 2.14. The van der Waals surface area contributed by atoms with Crippen LogP contribution in [-0.4, -0.2) is 14.3 Å². The van der Waals surface area contributed by atoms with Crippen molar-refractivity contribution in [2.24, 2.45) is 0 Å². The van der Waals surface area contributed by atoms with Crippen molar-refractivity contribution < 1.29 is 4.74 Å². The fourth-order valence-electron chi connectivity index (χ4n) is 2.97. The molecule has 27 heavy (non-hydrogen) atoms. The number of rotatable bonds is 4. The molecule has 0 fully saturated rings. The Kier molecular flexibility index (Phi) is 5.00. The predicted molar refractivity (Wildman–Crippen MR) is 111 cm³/mol. The smallest absolute Gasteiger partial charge is 0.146 e. The van der Waals surface area contributed by atoms with Gasteiger partial charge in [-0.3, -0.25) is 4.98 Å². The quantitative estimate of drug-likeness (QED) is 0.394. The summed E-state index contributed by atoms with van der Waals surface area (Å²) in [5.74, 6) is 0.683. The van der Waals surface area contributed by atoms with Gasteiger partial charge in [0.05, 0.1) is 15.7 Å². The first kappa shape index (κ1) is 18.2. The van der Waals surface area contributed by atoms with Gasteiger partial charge in [0.15, 0.2) is 0 Å². The molecule has 0 aliphatic rings. The van der Waals surface area contributed by atoms with Crippen LogP contribution in [0.2, 0.25) is 10.0 Å². The highest BCUT2D eigenvalue weighted by atomic mass is 35.5. The van der Waals surface area contributed by atoms with Crippen LogP contribution in [0.3, 0.4) is 0 Å². The van der Waals surface area contributed by atoms with Crippen molar-refractivity contribution in [1.29, 1.82) is 0 Å². The molecule has 0 spiro atoms. The SMILES string of the molecule is Cc1cc(-c2csnc2C)c2cccc(OCc3c(Cl)cncc3Cl)c2n1. The van der Waals surface area contributed by atoms with Gasteiger partial charge in [-0.25, -0.2) is 4.98 Å². The van der Waals surface area contributed by atoms with E-state index in [2.05, 4.69) is 20.8 Å². The third kappa shape index (κ3) is 3.50. The van der Waals surface area contributed by atoms with E-state index < -0.39 is 0 Å². The third-order valence-corrected chi connectivity index (χ3v) is 5.67. The maximum atomic E-state index is 6.20. The molecule has 4 rings (SSSR count). The maximum Gasteiger partial charge on any atom is 0.146 e. The number of benzene rings is 1. The first-order valence-electron chi connectivity index (χ1n) is 8.27. The Balaban J connectivity index is 1.79. The molecule has 7 heteroatoms. The Hall–Kier alpha value is -2.21. The van der Waals surface area contributed by atoms with Gasteiger partial charge in [-0.05, 0) is 43.1 Å². The highest BCUT2D eigenvalue weighted by Crippen LogP contribution is 2.35. The molecule has 0 unspecified atom stereocenters. The Morgan fingerprint density at radius 2 is 1.85 bits per heavy atom. The lowest BCUT2D eigenvalue weighted by molar-refractivity contribution is 0.309. The zero-order valence-electron chi connectivity index (χ0n) is 14.7. The summed E-state index contributed by atoms with van der Waals surface area (Å²) in [4.78, 5) is 8.69. The topological polar surface area (TPSA) is 47.9 Å². The first-order valence-corrected chi connectivity index (χ1v) is 9.86. The van der Waals surface area contributed by atoms with Gasteiger partial charge in [0.25, 0.3) is 0 Å². The lowest BCUT2D eigenvalue weighted by Crippen LogP contribution is -2.00. The summed E-state index contributed by atoms with van der Waals surface area (Å²) < 4.78 is 10.5. The lowest BCUT2D eigenvalue weighted by Gasteiger charge is -2.13. The summed E-state index contributed by atoms with van der Waals surface area (Å²) in [5, 5.41) is 4.04. The number of aryl methyl sites for hydroxylation is 2. The summed E-state index contributed by atoms with van der Waals surface area (Å²) in [6, 6.07) is 8.00. The van der Waals surface area contributed by atoms with Crippen molar-refractivity contribution >= 4 is 45.6 Å². The molecule has 3 heterocycles. The molecular formula is C20H15Cl2N3OS. The molecule has 0 radical (unpaired) electrons. The average Bonchev–Trinajstić information content (AvgIpc) is 3.06. The van der Waals surface area contributed by atoms with Crippen LogP contribution in [0, 0.1) is 13.8 Å². The van der Waals surface area contributed by atoms with Gasteiger partial charge in [0.2, 0.25) is 0 Å². The van der Waals surface area contributed by atoms with Crippen molar-refractivity contribution in [3.05, 3.63) is 69.0 Å². The standard InChI is InChI=1S/C20H15Cl2N3OS/c1-11-6-14(16-10-27-25-12(16)2)13-4-3-5-19(20(13)24-11)26-9-15-17(21)7-23-8-18(15)22/h3-8,10H,9H2,1-2H3. The van der Waals surface area contributed by atoms with Crippen LogP contribution in [0.25, 0.3) is 22.0 Å². The zero-order chi connectivity index (χ0) is 19.0. The fraction of sp³-hybridized carbons (Fsp3) is 0.150.